The summed E-state index contributed by atoms with van der Waals surface area (Å²) in [4.78, 5) is 30.5. The molecule has 2 N–H and O–H groups in total. The molecule has 0 saturated carbocycles. The molecule has 6 rings (SSSR count). The molecule has 3 fully saturated rings. The van der Waals surface area contributed by atoms with Crippen LogP contribution in [0.25, 0.3) is 10.9 Å². The topological polar surface area (TPSA) is 95.1 Å². The van der Waals surface area contributed by atoms with Crippen molar-refractivity contribution < 1.29 is 28.2 Å². The van der Waals surface area contributed by atoms with E-state index in [4.69, 9.17) is 4.74 Å². The van der Waals surface area contributed by atoms with Gasteiger partial charge in [0.25, 0.3) is 0 Å². The molecule has 7 nitrogen and oxygen atoms in total. The Morgan fingerprint density at radius 1 is 1.21 bits per heavy atom. The van der Waals surface area contributed by atoms with Crippen LogP contribution >= 0.6 is 0 Å². The highest BCUT2D eigenvalue weighted by Gasteiger charge is 2.70. The number of pyridine rings is 1. The number of hydrogen-bond acceptors (Lipinski definition) is 6. The Hall–Kier alpha value is -3.27. The van der Waals surface area contributed by atoms with Crippen LogP contribution < -0.4 is 5.32 Å². The van der Waals surface area contributed by atoms with E-state index in [0.29, 0.717) is 54.5 Å². The number of imide groups is 1. The van der Waals surface area contributed by atoms with Crippen molar-refractivity contribution in [2.45, 2.75) is 69.3 Å². The second-order valence-electron chi connectivity index (χ2n) is 11.8. The first-order valence-electron chi connectivity index (χ1n) is 13.3. The molecule has 0 bridgehead atoms. The second kappa shape index (κ2) is 8.87. The highest BCUT2D eigenvalue weighted by molar-refractivity contribution is 6.01. The number of hydrogen-bond donors (Lipinski definition) is 2. The molecule has 9 heteroatoms. The summed E-state index contributed by atoms with van der Waals surface area (Å²) in [5.74, 6) is -2.08. The number of amides is 2. The Morgan fingerprint density at radius 3 is 2.69 bits per heavy atom. The predicted octanol–water partition coefficient (Wildman–Crippen LogP) is 4.15. The second-order valence-corrected chi connectivity index (χ2v) is 11.8. The number of carbonyl (C=O) groups is 2. The number of rotatable bonds is 5. The van der Waals surface area contributed by atoms with Crippen LogP contribution in [-0.2, 0) is 32.1 Å². The van der Waals surface area contributed by atoms with Crippen molar-refractivity contribution in [3.63, 3.8) is 0 Å². The lowest BCUT2D eigenvalue weighted by Gasteiger charge is -2.33. The van der Waals surface area contributed by atoms with Crippen molar-refractivity contribution in [2.75, 3.05) is 13.1 Å². The standard InChI is InChI=1S/C30H31F2N3O4/c1-28(2,38)21-6-4-17(12-23(21)31)15-35-11-10-30(29(3,16-35)39-30)22-7-8-24-20(26(22)32)13-18(14-33-24)19-5-9-25(36)34-27(19)37/h4,6-8,12-14,19,38H,5,9-11,15-16H2,1-3H3,(H,34,36,37). The molecular weight excluding hydrogens is 504 g/mol. The summed E-state index contributed by atoms with van der Waals surface area (Å²) >= 11 is 0. The fraction of sp³-hybridized carbons (Fsp3) is 0.433. The van der Waals surface area contributed by atoms with Gasteiger partial charge in [0, 0.05) is 48.8 Å². The molecule has 3 unspecified atom stereocenters. The number of fused-ring (bicyclic) bond motifs is 2. The lowest BCUT2D eigenvalue weighted by atomic mass is 9.80. The molecule has 3 aliphatic heterocycles. The lowest BCUT2D eigenvalue weighted by molar-refractivity contribution is -0.134. The minimum atomic E-state index is -1.26. The molecule has 4 heterocycles. The summed E-state index contributed by atoms with van der Waals surface area (Å²) in [5.41, 5.74) is -0.0598. The zero-order valence-corrected chi connectivity index (χ0v) is 22.2. The fourth-order valence-electron chi connectivity index (χ4n) is 6.37. The van der Waals surface area contributed by atoms with Crippen LogP contribution in [0.5, 0.6) is 0 Å². The first-order chi connectivity index (χ1) is 18.4. The van der Waals surface area contributed by atoms with Gasteiger partial charge in [0.1, 0.15) is 22.8 Å². The molecule has 3 saturated heterocycles. The number of carbonyl (C=O) groups excluding carboxylic acids is 2. The normalized spacial score (nSPS) is 27.4. The molecule has 1 aromatic heterocycles. The molecule has 0 aliphatic carbocycles. The maximum absolute atomic E-state index is 16.1. The van der Waals surface area contributed by atoms with Crippen molar-refractivity contribution in [1.29, 1.82) is 0 Å². The maximum Gasteiger partial charge on any atom is 0.234 e. The van der Waals surface area contributed by atoms with Crippen molar-refractivity contribution in [3.8, 4) is 0 Å². The number of epoxide rings is 1. The van der Waals surface area contributed by atoms with Crippen molar-refractivity contribution in [3.05, 3.63) is 76.5 Å². The molecule has 3 aromatic rings. The lowest BCUT2D eigenvalue weighted by Crippen LogP contribution is -2.44. The Morgan fingerprint density at radius 2 is 2.00 bits per heavy atom. The van der Waals surface area contributed by atoms with E-state index in [1.165, 1.54) is 6.07 Å². The van der Waals surface area contributed by atoms with Gasteiger partial charge in [-0.25, -0.2) is 8.78 Å². The summed E-state index contributed by atoms with van der Waals surface area (Å²) < 4.78 is 37.0. The van der Waals surface area contributed by atoms with Crippen molar-refractivity contribution >= 4 is 22.7 Å². The average Bonchev–Trinajstić information content (AvgIpc) is 3.49. The molecule has 2 amide bonds. The van der Waals surface area contributed by atoms with E-state index in [1.54, 1.807) is 44.3 Å². The van der Waals surface area contributed by atoms with Crippen LogP contribution in [0.3, 0.4) is 0 Å². The average molecular weight is 536 g/mol. The van der Waals surface area contributed by atoms with Gasteiger partial charge in [-0.1, -0.05) is 18.2 Å². The summed E-state index contributed by atoms with van der Waals surface area (Å²) in [6, 6.07) is 10.1. The quantitative estimate of drug-likeness (QED) is 0.377. The monoisotopic (exact) mass is 535 g/mol. The van der Waals surface area contributed by atoms with E-state index in [1.807, 2.05) is 13.0 Å². The highest BCUT2D eigenvalue weighted by Crippen LogP contribution is 2.61. The molecule has 204 valence electrons. The van der Waals surface area contributed by atoms with Gasteiger partial charge in [-0.15, -0.1) is 0 Å². The van der Waals surface area contributed by atoms with Gasteiger partial charge >= 0.3 is 0 Å². The highest BCUT2D eigenvalue weighted by atomic mass is 19.1. The van der Waals surface area contributed by atoms with E-state index < -0.39 is 34.4 Å². The molecule has 39 heavy (non-hydrogen) atoms. The van der Waals surface area contributed by atoms with Gasteiger partial charge < -0.3 is 9.84 Å². The zero-order chi connectivity index (χ0) is 27.7. The third-order valence-corrected chi connectivity index (χ3v) is 8.51. The number of piperidine rings is 2. The van der Waals surface area contributed by atoms with E-state index in [9.17, 15) is 19.1 Å². The fourth-order valence-corrected chi connectivity index (χ4v) is 6.37. The van der Waals surface area contributed by atoms with E-state index in [-0.39, 0.29) is 23.8 Å². The van der Waals surface area contributed by atoms with Crippen LogP contribution in [-0.4, -0.2) is 45.5 Å². The maximum atomic E-state index is 16.1. The largest absolute Gasteiger partial charge is 0.386 e. The number of likely N-dealkylation sites (tertiary alicyclic amines) is 1. The van der Waals surface area contributed by atoms with Gasteiger partial charge in [0.2, 0.25) is 11.8 Å². The number of nitrogens with one attached hydrogen (secondary N) is 1. The van der Waals surface area contributed by atoms with Crippen LogP contribution in [0, 0.1) is 11.6 Å². The van der Waals surface area contributed by atoms with Crippen LogP contribution in [0.4, 0.5) is 8.78 Å². The minimum absolute atomic E-state index is 0.235. The SMILES string of the molecule is CC(C)(O)c1ccc(CN2CCC3(c4ccc5ncc(C6CCC(=O)NC6=O)cc5c4F)OC3(C)C2)cc1F. The third-order valence-electron chi connectivity index (χ3n) is 8.51. The van der Waals surface area contributed by atoms with E-state index >= 15 is 4.39 Å². The Balaban J connectivity index is 1.23. The number of aromatic nitrogens is 1. The van der Waals surface area contributed by atoms with Crippen molar-refractivity contribution in [2.24, 2.45) is 0 Å². The van der Waals surface area contributed by atoms with Gasteiger partial charge in [-0.3, -0.25) is 24.8 Å². The smallest absolute Gasteiger partial charge is 0.234 e. The molecule has 0 spiro atoms. The third kappa shape index (κ3) is 4.33. The molecule has 3 aliphatic rings. The van der Waals surface area contributed by atoms with Crippen molar-refractivity contribution in [1.82, 2.24) is 15.2 Å². The summed E-state index contributed by atoms with van der Waals surface area (Å²) in [7, 11) is 0. The first-order valence-corrected chi connectivity index (χ1v) is 13.3. The molecule has 3 atom stereocenters. The Kier molecular flexibility index (Phi) is 5.91. The van der Waals surface area contributed by atoms with E-state index in [0.717, 1.165) is 5.56 Å². The summed E-state index contributed by atoms with van der Waals surface area (Å²) in [6.07, 6.45) is 2.74. The molecular formula is C30H31F2N3O4. The zero-order valence-electron chi connectivity index (χ0n) is 22.2. The van der Waals surface area contributed by atoms with Gasteiger partial charge in [0.05, 0.1) is 17.0 Å². The predicted molar refractivity (Wildman–Crippen MR) is 140 cm³/mol. The Bertz CT molecular complexity index is 1520. The number of nitrogens with zero attached hydrogens (tertiary/aromatic N) is 2. The number of benzene rings is 2. The number of aliphatic hydroxyl groups is 1. The van der Waals surface area contributed by atoms with Gasteiger partial charge in [-0.05, 0) is 62.9 Å². The van der Waals surface area contributed by atoms with Crippen LogP contribution in [0.15, 0.2) is 42.6 Å². The minimum Gasteiger partial charge on any atom is -0.386 e. The Labute approximate surface area is 225 Å². The summed E-state index contributed by atoms with van der Waals surface area (Å²) in [5, 5.41) is 12.8. The number of ether oxygens (including phenoxy) is 1. The number of halogens is 2. The van der Waals surface area contributed by atoms with Gasteiger partial charge in [-0.2, -0.15) is 0 Å². The molecule has 2 aromatic carbocycles. The van der Waals surface area contributed by atoms with Crippen LogP contribution in [0.2, 0.25) is 0 Å². The first kappa shape index (κ1) is 26.0. The van der Waals surface area contributed by atoms with E-state index in [2.05, 4.69) is 15.2 Å². The summed E-state index contributed by atoms with van der Waals surface area (Å²) in [6.45, 7) is 6.78. The molecule has 0 radical (unpaired) electrons. The van der Waals surface area contributed by atoms with Gasteiger partial charge in [0.15, 0.2) is 0 Å². The van der Waals surface area contributed by atoms with Crippen LogP contribution in [0.1, 0.15) is 68.2 Å².